The number of ketones is 1. The molecule has 0 unspecified atom stereocenters. The van der Waals surface area contributed by atoms with Gasteiger partial charge < -0.3 is 24.9 Å². The van der Waals surface area contributed by atoms with E-state index in [0.717, 1.165) is 54.0 Å². The molecule has 4 heterocycles. The van der Waals surface area contributed by atoms with Gasteiger partial charge in [0.1, 0.15) is 17.4 Å². The number of pyridine rings is 1. The molecule has 0 aliphatic carbocycles. The molecule has 1 saturated heterocycles. The number of morpholine rings is 1. The lowest BCUT2D eigenvalue weighted by Gasteiger charge is -2.25. The zero-order chi connectivity index (χ0) is 28.5. The van der Waals surface area contributed by atoms with Crippen LogP contribution in [-0.2, 0) is 4.74 Å². The molecule has 3 aromatic heterocycles. The number of ether oxygens (including phenoxy) is 2. The number of H-pyrrole nitrogens is 1. The number of carbonyl (C=O) groups excluding carboxylic acids is 1. The second-order valence-corrected chi connectivity index (χ2v) is 10.6. The number of aromatic amines is 1. The molecule has 6 rings (SSSR count). The number of fused-ring (bicyclic) bond motifs is 1. The second-order valence-electron chi connectivity index (χ2n) is 9.72. The molecule has 0 bridgehead atoms. The molecule has 1 aliphatic heterocycles. The summed E-state index contributed by atoms with van der Waals surface area (Å²) in [5, 5.41) is 5.30. The summed E-state index contributed by atoms with van der Waals surface area (Å²) in [6, 6.07) is 13.3. The van der Waals surface area contributed by atoms with E-state index in [1.807, 2.05) is 32.0 Å². The molecule has 0 saturated carbocycles. The molecule has 0 amide bonds. The van der Waals surface area contributed by atoms with E-state index in [-0.39, 0.29) is 23.0 Å². The molecule has 2 aromatic carbocycles. The first-order valence-corrected chi connectivity index (χ1v) is 13.8. The first kappa shape index (κ1) is 26.8. The van der Waals surface area contributed by atoms with Crippen LogP contribution in [0.4, 0.5) is 15.9 Å². The van der Waals surface area contributed by atoms with E-state index in [9.17, 15) is 9.18 Å². The van der Waals surface area contributed by atoms with Crippen molar-refractivity contribution < 1.29 is 18.7 Å². The Labute approximate surface area is 239 Å². The van der Waals surface area contributed by atoms with E-state index in [4.69, 9.17) is 15.2 Å². The number of nitrogen functional groups attached to an aromatic ring is 1. The van der Waals surface area contributed by atoms with Gasteiger partial charge >= 0.3 is 0 Å². The molecular formula is C29H28FN7O3S. The van der Waals surface area contributed by atoms with Crippen molar-refractivity contribution in [1.82, 2.24) is 24.1 Å². The minimum atomic E-state index is -0.348. The lowest BCUT2D eigenvalue weighted by molar-refractivity contribution is 0.0775. The van der Waals surface area contributed by atoms with Crippen molar-refractivity contribution in [1.29, 1.82) is 0 Å². The zero-order valence-corrected chi connectivity index (χ0v) is 23.3. The van der Waals surface area contributed by atoms with E-state index in [1.165, 1.54) is 35.1 Å². The number of halogens is 1. The number of carbonyl (C=O) groups is 1. The van der Waals surface area contributed by atoms with Crippen LogP contribution in [0.25, 0.3) is 16.6 Å². The Balaban J connectivity index is 1.20. The van der Waals surface area contributed by atoms with Crippen LogP contribution in [0.15, 0.2) is 60.9 Å². The van der Waals surface area contributed by atoms with Crippen LogP contribution >= 0.6 is 12.1 Å². The smallest absolute Gasteiger partial charge is 0.219 e. The number of nitrogens with zero attached hydrogens (tertiary/aromatic N) is 4. The third kappa shape index (κ3) is 5.62. The molecule has 1 aliphatic rings. The predicted octanol–water partition coefficient (Wildman–Crippen LogP) is 5.42. The Morgan fingerprint density at radius 1 is 1.10 bits per heavy atom. The summed E-state index contributed by atoms with van der Waals surface area (Å²) in [6.07, 6.45) is 3.03. The van der Waals surface area contributed by atoms with Gasteiger partial charge in [-0.1, -0.05) is 0 Å². The normalized spacial score (nSPS) is 13.9. The Kier molecular flexibility index (Phi) is 7.35. The maximum Gasteiger partial charge on any atom is 0.219 e. The van der Waals surface area contributed by atoms with E-state index >= 15 is 0 Å². The van der Waals surface area contributed by atoms with Crippen LogP contribution < -0.4 is 15.2 Å². The average molecular weight is 574 g/mol. The number of benzene rings is 2. The van der Waals surface area contributed by atoms with Crippen LogP contribution in [0.3, 0.4) is 0 Å². The lowest BCUT2D eigenvalue weighted by atomic mass is 10.1. The number of hydrogen-bond donors (Lipinski definition) is 3. The van der Waals surface area contributed by atoms with Crippen LogP contribution in [0, 0.1) is 19.7 Å². The number of rotatable bonds is 8. The van der Waals surface area contributed by atoms with Gasteiger partial charge in [-0.05, 0) is 67.4 Å². The van der Waals surface area contributed by atoms with Crippen LogP contribution in [0.2, 0.25) is 0 Å². The van der Waals surface area contributed by atoms with E-state index in [1.54, 1.807) is 24.4 Å². The Morgan fingerprint density at radius 2 is 1.88 bits per heavy atom. The highest BCUT2D eigenvalue weighted by molar-refractivity contribution is 7.98. The van der Waals surface area contributed by atoms with Crippen molar-refractivity contribution >= 4 is 40.3 Å². The van der Waals surface area contributed by atoms with E-state index in [2.05, 4.69) is 24.1 Å². The van der Waals surface area contributed by atoms with Crippen molar-refractivity contribution in [3.8, 4) is 17.3 Å². The third-order valence-corrected chi connectivity index (χ3v) is 7.77. The Morgan fingerprint density at radius 3 is 2.63 bits per heavy atom. The molecule has 210 valence electrons. The molecule has 5 aromatic rings. The van der Waals surface area contributed by atoms with E-state index < -0.39 is 0 Å². The van der Waals surface area contributed by atoms with Crippen molar-refractivity contribution in [3.05, 3.63) is 89.1 Å². The average Bonchev–Trinajstić information content (AvgIpc) is 3.56. The van der Waals surface area contributed by atoms with Gasteiger partial charge in [0.15, 0.2) is 0 Å². The minimum absolute atomic E-state index is 0.200. The highest BCUT2D eigenvalue weighted by Crippen LogP contribution is 2.30. The van der Waals surface area contributed by atoms with Crippen LogP contribution in [0.1, 0.15) is 27.2 Å². The van der Waals surface area contributed by atoms with Gasteiger partial charge in [0.25, 0.3) is 0 Å². The van der Waals surface area contributed by atoms with Crippen LogP contribution in [-0.4, -0.2) is 56.1 Å². The summed E-state index contributed by atoms with van der Waals surface area (Å²) in [5.74, 6) is 0.391. The summed E-state index contributed by atoms with van der Waals surface area (Å²) in [7, 11) is 0. The van der Waals surface area contributed by atoms with Crippen molar-refractivity contribution in [2.45, 2.75) is 13.8 Å². The largest absolute Gasteiger partial charge is 0.439 e. The maximum atomic E-state index is 13.5. The number of anilines is 2. The lowest BCUT2D eigenvalue weighted by Crippen LogP contribution is -2.32. The third-order valence-electron chi connectivity index (χ3n) is 6.84. The summed E-state index contributed by atoms with van der Waals surface area (Å²) in [4.78, 5) is 21.1. The number of aromatic nitrogens is 4. The highest BCUT2D eigenvalue weighted by Gasteiger charge is 2.21. The Bertz CT molecular complexity index is 1730. The Hall–Kier alpha value is -4.39. The highest BCUT2D eigenvalue weighted by atomic mass is 32.2. The monoisotopic (exact) mass is 573 g/mol. The number of hydrogen-bond acceptors (Lipinski definition) is 9. The fraction of sp³-hybridized carbons (Fsp3) is 0.207. The summed E-state index contributed by atoms with van der Waals surface area (Å²) in [5.41, 5.74) is 11.4. The van der Waals surface area contributed by atoms with Crippen molar-refractivity contribution in [3.63, 3.8) is 0 Å². The molecule has 0 radical (unpaired) electrons. The zero-order valence-electron chi connectivity index (χ0n) is 22.5. The van der Waals surface area contributed by atoms with Gasteiger partial charge in [0, 0.05) is 42.2 Å². The number of nitrogens with two attached hydrogens (primary N) is 1. The molecule has 0 atom stereocenters. The first-order chi connectivity index (χ1) is 19.9. The molecule has 41 heavy (non-hydrogen) atoms. The van der Waals surface area contributed by atoms with Crippen molar-refractivity contribution in [2.24, 2.45) is 0 Å². The fourth-order valence-electron chi connectivity index (χ4n) is 4.57. The molecule has 1 fully saturated rings. The summed E-state index contributed by atoms with van der Waals surface area (Å²) >= 11 is 1.56. The number of aryl methyl sites for hydroxylation is 2. The van der Waals surface area contributed by atoms with Crippen molar-refractivity contribution in [2.75, 3.05) is 36.8 Å². The van der Waals surface area contributed by atoms with E-state index in [0.29, 0.717) is 23.0 Å². The molecular weight excluding hydrogens is 545 g/mol. The standard InChI is InChI=1S/C29H28FN7O3S/c1-17-11-19-13-25(34-24(19)14-23(17)35-41-36-7-9-39-10-8-36)28(38)22-15-33-37(29(22)31)26-16-32-27(12-18(26)2)40-21-5-3-20(30)4-6-21/h3-6,11-16,34-35H,7-10,31H2,1-2H3. The molecule has 4 N–H and O–H groups in total. The molecule has 12 heteroatoms. The maximum absolute atomic E-state index is 13.5. The number of nitrogens with one attached hydrogen (secondary N) is 2. The van der Waals surface area contributed by atoms with Gasteiger partial charge in [0.05, 0.1) is 48.2 Å². The molecule has 0 spiro atoms. The van der Waals surface area contributed by atoms with Gasteiger partial charge in [-0.3, -0.25) is 4.79 Å². The molecule has 10 nitrogen and oxygen atoms in total. The fourth-order valence-corrected chi connectivity index (χ4v) is 5.35. The van der Waals surface area contributed by atoms with Crippen LogP contribution in [0.5, 0.6) is 11.6 Å². The van der Waals surface area contributed by atoms with Gasteiger partial charge in [0.2, 0.25) is 11.7 Å². The topological polar surface area (TPSA) is 123 Å². The SMILES string of the molecule is Cc1cc2cc(C(=O)c3cnn(-c4cnc(Oc5ccc(F)cc5)cc4C)c3N)[nH]c2cc1NSN1CCOCC1. The summed E-state index contributed by atoms with van der Waals surface area (Å²) < 4.78 is 31.4. The second kappa shape index (κ2) is 11.2. The minimum Gasteiger partial charge on any atom is -0.439 e. The van der Waals surface area contributed by atoms with Gasteiger partial charge in [-0.25, -0.2) is 18.4 Å². The summed E-state index contributed by atoms with van der Waals surface area (Å²) in [6.45, 7) is 7.06. The van der Waals surface area contributed by atoms with Gasteiger partial charge in [-0.2, -0.15) is 5.10 Å². The first-order valence-electron chi connectivity index (χ1n) is 13.0. The predicted molar refractivity (Wildman–Crippen MR) is 157 cm³/mol. The quantitative estimate of drug-likeness (QED) is 0.165. The van der Waals surface area contributed by atoms with Gasteiger partial charge in [-0.15, -0.1) is 0 Å².